The maximum absolute atomic E-state index is 12.8. The van der Waals surface area contributed by atoms with E-state index in [1.807, 2.05) is 42.5 Å². The van der Waals surface area contributed by atoms with E-state index in [1.165, 1.54) is 0 Å². The summed E-state index contributed by atoms with van der Waals surface area (Å²) in [5.41, 5.74) is 4.10. The fourth-order valence-corrected chi connectivity index (χ4v) is 4.18. The zero-order chi connectivity index (χ0) is 25.5. The number of carbonyl (C=O) groups excluding carboxylic acids is 2. The molecule has 1 atom stereocenters. The summed E-state index contributed by atoms with van der Waals surface area (Å²) in [4.78, 5) is 29.1. The largest absolute Gasteiger partial charge is 0.493 e. The minimum Gasteiger partial charge on any atom is -0.493 e. The van der Waals surface area contributed by atoms with E-state index in [0.717, 1.165) is 23.3 Å². The second-order valence-corrected chi connectivity index (χ2v) is 8.52. The number of nitrogens with one attached hydrogen (secondary N) is 1. The van der Waals surface area contributed by atoms with E-state index in [9.17, 15) is 9.59 Å². The summed E-state index contributed by atoms with van der Waals surface area (Å²) in [6.07, 6.45) is 5.05. The molecule has 186 valence electrons. The van der Waals surface area contributed by atoms with Gasteiger partial charge in [0, 0.05) is 48.1 Å². The van der Waals surface area contributed by atoms with Crippen LogP contribution in [-0.2, 0) is 11.2 Å². The Bertz CT molecular complexity index is 1240. The van der Waals surface area contributed by atoms with Gasteiger partial charge in [0.25, 0.3) is 5.91 Å². The van der Waals surface area contributed by atoms with Gasteiger partial charge in [0.1, 0.15) is 0 Å². The quantitative estimate of drug-likeness (QED) is 0.479. The summed E-state index contributed by atoms with van der Waals surface area (Å²) in [6, 6.07) is 16.7. The van der Waals surface area contributed by atoms with E-state index in [0.29, 0.717) is 42.1 Å². The molecule has 0 aliphatic carbocycles. The Hall–Kier alpha value is -4.20. The minimum atomic E-state index is -0.188. The average molecular weight is 487 g/mol. The Morgan fingerprint density at radius 2 is 1.75 bits per heavy atom. The fraction of sp³-hybridized carbons (Fsp3) is 0.286. The number of hydrogen-bond donors (Lipinski definition) is 1. The molecule has 4 rings (SSSR count). The molecule has 36 heavy (non-hydrogen) atoms. The van der Waals surface area contributed by atoms with Crippen molar-refractivity contribution in [2.45, 2.75) is 26.2 Å². The van der Waals surface area contributed by atoms with Crippen molar-refractivity contribution in [3.63, 3.8) is 0 Å². The van der Waals surface area contributed by atoms with E-state index in [-0.39, 0.29) is 17.7 Å². The monoisotopic (exact) mass is 486 g/mol. The Labute approximate surface area is 210 Å². The van der Waals surface area contributed by atoms with Crippen LogP contribution in [0.4, 0.5) is 5.69 Å². The highest BCUT2D eigenvalue weighted by Gasteiger charge is 2.29. The number of hydrogen-bond acceptors (Lipinski definition) is 6. The average Bonchev–Trinajstić information content (AvgIpc) is 2.93. The van der Waals surface area contributed by atoms with Crippen molar-refractivity contribution < 1.29 is 19.1 Å². The molecule has 1 unspecified atom stereocenters. The highest BCUT2D eigenvalue weighted by molar-refractivity contribution is 6.06. The molecule has 0 saturated heterocycles. The summed E-state index contributed by atoms with van der Waals surface area (Å²) in [7, 11) is 3.21. The van der Waals surface area contributed by atoms with Gasteiger partial charge in [-0.2, -0.15) is 5.10 Å². The summed E-state index contributed by atoms with van der Waals surface area (Å²) in [5, 5.41) is 9.21. The molecule has 0 saturated carbocycles. The normalized spacial score (nSPS) is 15.3. The first-order valence-electron chi connectivity index (χ1n) is 11.9. The van der Waals surface area contributed by atoms with Gasteiger partial charge in [0.05, 0.1) is 19.9 Å². The first kappa shape index (κ1) is 24.9. The Kier molecular flexibility index (Phi) is 7.95. The molecule has 0 bridgehead atoms. The van der Waals surface area contributed by atoms with Crippen molar-refractivity contribution in [2.24, 2.45) is 11.0 Å². The van der Waals surface area contributed by atoms with Crippen LogP contribution in [-0.4, -0.2) is 48.3 Å². The third kappa shape index (κ3) is 5.71. The molecule has 0 fully saturated rings. The third-order valence-corrected chi connectivity index (χ3v) is 6.26. The Morgan fingerprint density at radius 3 is 2.42 bits per heavy atom. The number of anilines is 1. The molecule has 0 radical (unpaired) electrons. The van der Waals surface area contributed by atoms with Crippen LogP contribution in [0.3, 0.4) is 0 Å². The molecule has 8 heteroatoms. The highest BCUT2D eigenvalue weighted by Crippen LogP contribution is 2.31. The smallest absolute Gasteiger partial charge is 0.255 e. The maximum Gasteiger partial charge on any atom is 0.255 e. The van der Waals surface area contributed by atoms with Crippen molar-refractivity contribution in [3.8, 4) is 11.5 Å². The topological polar surface area (TPSA) is 93.1 Å². The summed E-state index contributed by atoms with van der Waals surface area (Å²) >= 11 is 0. The van der Waals surface area contributed by atoms with Gasteiger partial charge in [-0.05, 0) is 60.9 Å². The van der Waals surface area contributed by atoms with Gasteiger partial charge in [-0.15, -0.1) is 0 Å². The van der Waals surface area contributed by atoms with Gasteiger partial charge in [0.15, 0.2) is 11.5 Å². The molecular formula is C28H30N4O4. The molecule has 3 aromatic rings. The van der Waals surface area contributed by atoms with Crippen LogP contribution in [0.1, 0.15) is 41.3 Å². The van der Waals surface area contributed by atoms with Crippen molar-refractivity contribution in [1.29, 1.82) is 0 Å². The van der Waals surface area contributed by atoms with Gasteiger partial charge in [-0.25, -0.2) is 5.01 Å². The van der Waals surface area contributed by atoms with E-state index >= 15 is 0 Å². The van der Waals surface area contributed by atoms with Crippen molar-refractivity contribution in [1.82, 2.24) is 9.99 Å². The van der Waals surface area contributed by atoms with Gasteiger partial charge in [-0.1, -0.05) is 19.1 Å². The minimum absolute atomic E-state index is 0.0207. The number of rotatable bonds is 9. The number of methoxy groups -OCH3 is 2. The molecule has 1 aliphatic rings. The van der Waals surface area contributed by atoms with Crippen LogP contribution in [0.2, 0.25) is 0 Å². The molecule has 2 amide bonds. The van der Waals surface area contributed by atoms with Gasteiger partial charge < -0.3 is 14.8 Å². The lowest BCUT2D eigenvalue weighted by molar-refractivity contribution is -0.132. The molecular weight excluding hydrogens is 456 g/mol. The number of benzene rings is 2. The molecule has 1 aliphatic heterocycles. The number of nitrogens with zero attached hydrogens (tertiary/aromatic N) is 3. The number of ether oxygens (including phenoxy) is 2. The molecule has 0 spiro atoms. The number of aromatic nitrogens is 1. The number of pyridine rings is 1. The maximum atomic E-state index is 12.8. The van der Waals surface area contributed by atoms with Crippen LogP contribution in [0, 0.1) is 5.92 Å². The van der Waals surface area contributed by atoms with Crippen molar-refractivity contribution >= 4 is 23.2 Å². The number of amides is 2. The van der Waals surface area contributed by atoms with Crippen LogP contribution in [0.25, 0.3) is 0 Å². The zero-order valence-corrected chi connectivity index (χ0v) is 20.7. The molecule has 1 aromatic heterocycles. The second kappa shape index (κ2) is 11.5. The second-order valence-electron chi connectivity index (χ2n) is 8.52. The standard InChI is InChI=1S/C28H30N4O4/c1-4-20-18-26(33)32(31-27(20)22-7-10-24(35-2)25(17-22)36-3)16-13-19-5-8-23(9-6-19)30-28(34)21-11-14-29-15-12-21/h5-12,14-15,17,20H,4,13,16,18H2,1-3H3,(H,30,34). The number of hydrazone groups is 1. The lowest BCUT2D eigenvalue weighted by Gasteiger charge is -2.29. The molecule has 1 N–H and O–H groups in total. The Morgan fingerprint density at radius 1 is 1.03 bits per heavy atom. The van der Waals surface area contributed by atoms with Crippen molar-refractivity contribution in [2.75, 3.05) is 26.1 Å². The van der Waals surface area contributed by atoms with Gasteiger partial charge in [-0.3, -0.25) is 14.6 Å². The SMILES string of the molecule is CCC1CC(=O)N(CCc2ccc(NC(=O)c3ccncc3)cc2)N=C1c1ccc(OC)c(OC)c1. The summed E-state index contributed by atoms with van der Waals surface area (Å²) in [6.45, 7) is 2.54. The van der Waals surface area contributed by atoms with E-state index < -0.39 is 0 Å². The zero-order valence-electron chi connectivity index (χ0n) is 20.7. The first-order chi connectivity index (χ1) is 17.5. The molecule has 2 heterocycles. The lowest BCUT2D eigenvalue weighted by atomic mass is 9.89. The van der Waals surface area contributed by atoms with E-state index in [4.69, 9.17) is 14.6 Å². The highest BCUT2D eigenvalue weighted by atomic mass is 16.5. The fourth-order valence-electron chi connectivity index (χ4n) is 4.18. The number of carbonyl (C=O) groups is 2. The van der Waals surface area contributed by atoms with E-state index in [1.54, 1.807) is 43.8 Å². The van der Waals surface area contributed by atoms with Crippen LogP contribution >= 0.6 is 0 Å². The van der Waals surface area contributed by atoms with Crippen LogP contribution < -0.4 is 14.8 Å². The summed E-state index contributed by atoms with van der Waals surface area (Å²) < 4.78 is 10.8. The van der Waals surface area contributed by atoms with Gasteiger partial charge >= 0.3 is 0 Å². The van der Waals surface area contributed by atoms with Crippen LogP contribution in [0.15, 0.2) is 72.1 Å². The third-order valence-electron chi connectivity index (χ3n) is 6.26. The summed E-state index contributed by atoms with van der Waals surface area (Å²) in [5.74, 6) is 1.17. The molecule has 2 aromatic carbocycles. The molecule has 8 nitrogen and oxygen atoms in total. The van der Waals surface area contributed by atoms with Gasteiger partial charge in [0.2, 0.25) is 5.91 Å². The van der Waals surface area contributed by atoms with Crippen LogP contribution in [0.5, 0.6) is 11.5 Å². The van der Waals surface area contributed by atoms with Crippen molar-refractivity contribution in [3.05, 3.63) is 83.7 Å². The first-order valence-corrected chi connectivity index (χ1v) is 11.9. The lowest BCUT2D eigenvalue weighted by Crippen LogP contribution is -2.38. The predicted octanol–water partition coefficient (Wildman–Crippen LogP) is 4.56. The Balaban J connectivity index is 1.45. The van der Waals surface area contributed by atoms with E-state index in [2.05, 4.69) is 17.2 Å². The predicted molar refractivity (Wildman–Crippen MR) is 139 cm³/mol.